The largest absolute Gasteiger partial charge is 0.497 e. The molecule has 0 bridgehead atoms. The first-order valence-electron chi connectivity index (χ1n) is 8.57. The molecule has 0 aromatic heterocycles. The molecule has 0 fully saturated rings. The van der Waals surface area contributed by atoms with Gasteiger partial charge in [-0.3, -0.25) is 4.79 Å². The van der Waals surface area contributed by atoms with Crippen molar-refractivity contribution in [2.75, 3.05) is 19.5 Å². The SMILES string of the molecule is COc1ccc(OC)c(NC(=O)CC(C)NC(C)c2ccc(F)cc2F)c1. The highest BCUT2D eigenvalue weighted by molar-refractivity contribution is 5.92. The van der Waals surface area contributed by atoms with Crippen molar-refractivity contribution in [3.8, 4) is 11.5 Å². The van der Waals surface area contributed by atoms with E-state index >= 15 is 0 Å². The van der Waals surface area contributed by atoms with Crippen LogP contribution in [0.4, 0.5) is 14.5 Å². The van der Waals surface area contributed by atoms with Crippen molar-refractivity contribution in [3.05, 3.63) is 53.6 Å². The van der Waals surface area contributed by atoms with Gasteiger partial charge in [0.05, 0.1) is 19.9 Å². The second-order valence-corrected chi connectivity index (χ2v) is 6.27. The summed E-state index contributed by atoms with van der Waals surface area (Å²) >= 11 is 0. The summed E-state index contributed by atoms with van der Waals surface area (Å²) in [5.74, 6) is -0.353. The summed E-state index contributed by atoms with van der Waals surface area (Å²) in [6.45, 7) is 3.58. The van der Waals surface area contributed by atoms with E-state index in [1.54, 1.807) is 25.1 Å². The van der Waals surface area contributed by atoms with E-state index in [9.17, 15) is 13.6 Å². The van der Waals surface area contributed by atoms with E-state index in [0.29, 0.717) is 22.7 Å². The lowest BCUT2D eigenvalue weighted by atomic mass is 10.1. The normalized spacial score (nSPS) is 13.0. The molecule has 0 heterocycles. The third-order valence-corrected chi connectivity index (χ3v) is 4.14. The average molecular weight is 378 g/mol. The number of hydrogen-bond donors (Lipinski definition) is 2. The summed E-state index contributed by atoms with van der Waals surface area (Å²) in [7, 11) is 3.05. The van der Waals surface area contributed by atoms with Gasteiger partial charge in [-0.2, -0.15) is 0 Å². The predicted molar refractivity (Wildman–Crippen MR) is 100 cm³/mol. The van der Waals surface area contributed by atoms with Gasteiger partial charge in [0.15, 0.2) is 0 Å². The van der Waals surface area contributed by atoms with E-state index in [-0.39, 0.29) is 24.4 Å². The first-order valence-corrected chi connectivity index (χ1v) is 8.57. The van der Waals surface area contributed by atoms with Gasteiger partial charge in [0.1, 0.15) is 23.1 Å². The van der Waals surface area contributed by atoms with Gasteiger partial charge in [0.2, 0.25) is 5.91 Å². The molecule has 2 aromatic rings. The first-order chi connectivity index (χ1) is 12.8. The van der Waals surface area contributed by atoms with E-state index in [1.807, 2.05) is 6.92 Å². The molecular formula is C20H24F2N2O3. The van der Waals surface area contributed by atoms with E-state index in [2.05, 4.69) is 10.6 Å². The molecule has 0 aliphatic heterocycles. The topological polar surface area (TPSA) is 59.6 Å². The van der Waals surface area contributed by atoms with Crippen LogP contribution in [0.1, 0.15) is 31.9 Å². The maximum atomic E-state index is 13.9. The molecule has 0 saturated heterocycles. The minimum absolute atomic E-state index is 0.160. The molecular weight excluding hydrogens is 354 g/mol. The lowest BCUT2D eigenvalue weighted by Crippen LogP contribution is -2.33. The molecule has 27 heavy (non-hydrogen) atoms. The summed E-state index contributed by atoms with van der Waals surface area (Å²) in [4.78, 5) is 12.3. The molecule has 2 aromatic carbocycles. The van der Waals surface area contributed by atoms with Crippen LogP contribution in [-0.4, -0.2) is 26.2 Å². The predicted octanol–water partition coefficient (Wildman–Crippen LogP) is 4.05. The summed E-state index contributed by atoms with van der Waals surface area (Å²) in [5.41, 5.74) is 0.852. The fourth-order valence-electron chi connectivity index (χ4n) is 2.82. The molecule has 0 aliphatic rings. The highest BCUT2D eigenvalue weighted by atomic mass is 19.1. The molecule has 2 rings (SSSR count). The maximum absolute atomic E-state index is 13.9. The van der Waals surface area contributed by atoms with Crippen LogP contribution in [0.3, 0.4) is 0 Å². The summed E-state index contributed by atoms with van der Waals surface area (Å²) < 4.78 is 37.3. The van der Waals surface area contributed by atoms with Gasteiger partial charge in [-0.15, -0.1) is 0 Å². The van der Waals surface area contributed by atoms with Crippen LogP contribution in [0.15, 0.2) is 36.4 Å². The molecule has 2 unspecified atom stereocenters. The zero-order valence-corrected chi connectivity index (χ0v) is 15.8. The third kappa shape index (κ3) is 5.65. The van der Waals surface area contributed by atoms with Crippen LogP contribution >= 0.6 is 0 Å². The standard InChI is InChI=1S/C20H24F2N2O3/c1-12(23-13(2)16-7-5-14(21)10-17(16)22)9-20(25)24-18-11-15(26-3)6-8-19(18)27-4/h5-8,10-13,23H,9H2,1-4H3,(H,24,25). The summed E-state index contributed by atoms with van der Waals surface area (Å²) in [6.07, 6.45) is 0.160. The van der Waals surface area contributed by atoms with Crippen molar-refractivity contribution in [2.45, 2.75) is 32.4 Å². The number of methoxy groups -OCH3 is 2. The van der Waals surface area contributed by atoms with Gasteiger partial charge < -0.3 is 20.1 Å². The molecule has 7 heteroatoms. The zero-order valence-electron chi connectivity index (χ0n) is 15.8. The third-order valence-electron chi connectivity index (χ3n) is 4.14. The average Bonchev–Trinajstić information content (AvgIpc) is 2.61. The van der Waals surface area contributed by atoms with Crippen molar-refractivity contribution in [1.82, 2.24) is 5.32 Å². The Kier molecular flexibility index (Phi) is 7.12. The Hall–Kier alpha value is -2.67. The Morgan fingerprint density at radius 3 is 2.44 bits per heavy atom. The number of anilines is 1. The number of halogens is 2. The van der Waals surface area contributed by atoms with E-state index in [0.717, 1.165) is 6.07 Å². The summed E-state index contributed by atoms with van der Waals surface area (Å²) in [6, 6.07) is 7.96. The molecule has 0 spiro atoms. The Morgan fingerprint density at radius 1 is 1.07 bits per heavy atom. The number of nitrogens with one attached hydrogen (secondary N) is 2. The number of rotatable bonds is 8. The monoisotopic (exact) mass is 378 g/mol. The van der Waals surface area contributed by atoms with Gasteiger partial charge in [-0.05, 0) is 32.0 Å². The number of amides is 1. The van der Waals surface area contributed by atoms with Crippen molar-refractivity contribution in [3.63, 3.8) is 0 Å². The number of carbonyl (C=O) groups excluding carboxylic acids is 1. The molecule has 1 amide bonds. The summed E-state index contributed by atoms with van der Waals surface area (Å²) in [5, 5.41) is 5.94. The highest BCUT2D eigenvalue weighted by Gasteiger charge is 2.17. The van der Waals surface area contributed by atoms with Crippen LogP contribution in [0.25, 0.3) is 0 Å². The maximum Gasteiger partial charge on any atom is 0.226 e. The van der Waals surface area contributed by atoms with Gasteiger partial charge in [0, 0.05) is 36.2 Å². The Bertz CT molecular complexity index is 799. The number of ether oxygens (including phenoxy) is 2. The Morgan fingerprint density at radius 2 is 1.81 bits per heavy atom. The molecule has 0 radical (unpaired) electrons. The first kappa shape index (κ1) is 20.6. The van der Waals surface area contributed by atoms with Gasteiger partial charge in [0.25, 0.3) is 0 Å². The van der Waals surface area contributed by atoms with Crippen molar-refractivity contribution < 1.29 is 23.0 Å². The van der Waals surface area contributed by atoms with Gasteiger partial charge in [-0.1, -0.05) is 6.07 Å². The van der Waals surface area contributed by atoms with Crippen molar-refractivity contribution in [2.24, 2.45) is 0 Å². The number of carbonyl (C=O) groups is 1. The lowest BCUT2D eigenvalue weighted by molar-refractivity contribution is -0.116. The minimum atomic E-state index is -0.622. The molecule has 5 nitrogen and oxygen atoms in total. The van der Waals surface area contributed by atoms with Crippen LogP contribution < -0.4 is 20.1 Å². The quantitative estimate of drug-likeness (QED) is 0.728. The zero-order chi connectivity index (χ0) is 20.0. The van der Waals surface area contributed by atoms with Crippen molar-refractivity contribution >= 4 is 11.6 Å². The number of hydrogen-bond acceptors (Lipinski definition) is 4. The highest BCUT2D eigenvalue weighted by Crippen LogP contribution is 2.29. The number of benzene rings is 2. The Balaban J connectivity index is 1.97. The van der Waals surface area contributed by atoms with E-state index in [1.165, 1.54) is 26.4 Å². The fraction of sp³-hybridized carbons (Fsp3) is 0.350. The lowest BCUT2D eigenvalue weighted by Gasteiger charge is -2.21. The molecule has 146 valence electrons. The second-order valence-electron chi connectivity index (χ2n) is 6.27. The van der Waals surface area contributed by atoms with Crippen molar-refractivity contribution in [1.29, 1.82) is 0 Å². The molecule has 0 saturated carbocycles. The fourth-order valence-corrected chi connectivity index (χ4v) is 2.82. The van der Waals surface area contributed by atoms with Gasteiger partial charge >= 0.3 is 0 Å². The van der Waals surface area contributed by atoms with Crippen LogP contribution in [0, 0.1) is 11.6 Å². The van der Waals surface area contributed by atoms with Crippen LogP contribution in [0.5, 0.6) is 11.5 Å². The second kappa shape index (κ2) is 9.32. The Labute approximate surface area is 157 Å². The molecule has 2 N–H and O–H groups in total. The van der Waals surface area contributed by atoms with Crippen LogP contribution in [-0.2, 0) is 4.79 Å². The molecule has 2 atom stereocenters. The molecule has 0 aliphatic carbocycles. The van der Waals surface area contributed by atoms with E-state index < -0.39 is 11.6 Å². The van der Waals surface area contributed by atoms with Gasteiger partial charge in [-0.25, -0.2) is 8.78 Å². The smallest absolute Gasteiger partial charge is 0.226 e. The minimum Gasteiger partial charge on any atom is -0.497 e. The van der Waals surface area contributed by atoms with Crippen LogP contribution in [0.2, 0.25) is 0 Å². The van der Waals surface area contributed by atoms with E-state index in [4.69, 9.17) is 9.47 Å².